The topological polar surface area (TPSA) is 123 Å². The molecule has 0 unspecified atom stereocenters. The van der Waals surface area contributed by atoms with Gasteiger partial charge in [0, 0.05) is 17.3 Å². The number of hydrogen-bond donors (Lipinski definition) is 4. The quantitative estimate of drug-likeness (QED) is 0.574. The van der Waals surface area contributed by atoms with Crippen LogP contribution in [-0.4, -0.2) is 31.9 Å². The first-order valence-electron chi connectivity index (χ1n) is 8.41. The van der Waals surface area contributed by atoms with Crippen molar-refractivity contribution in [3.63, 3.8) is 0 Å². The fourth-order valence-corrected chi connectivity index (χ4v) is 4.43. The van der Waals surface area contributed by atoms with Crippen LogP contribution < -0.4 is 19.7 Å². The maximum Gasteiger partial charge on any atom is 0.326 e. The van der Waals surface area contributed by atoms with Crippen molar-refractivity contribution >= 4 is 45.1 Å². The van der Waals surface area contributed by atoms with Crippen LogP contribution >= 0.6 is 11.6 Å². The zero-order valence-corrected chi connectivity index (χ0v) is 16.3. The highest BCUT2D eigenvalue weighted by Gasteiger charge is 2.37. The number of anilines is 2. The number of amides is 1. The lowest BCUT2D eigenvalue weighted by Crippen LogP contribution is -2.33. The summed E-state index contributed by atoms with van der Waals surface area (Å²) in [5, 5.41) is 16.9. The minimum Gasteiger partial charge on any atom is -0.506 e. The molecule has 2 heterocycles. The second-order valence-electron chi connectivity index (χ2n) is 6.43. The highest BCUT2D eigenvalue weighted by molar-refractivity contribution is 7.92. The number of aromatic hydroxyl groups is 1. The van der Waals surface area contributed by atoms with Crippen molar-refractivity contribution in [3.8, 4) is 5.75 Å². The molecule has 0 radical (unpaired) electrons. The molecule has 9 nitrogen and oxygen atoms in total. The third-order valence-electron chi connectivity index (χ3n) is 4.36. The van der Waals surface area contributed by atoms with Crippen LogP contribution in [0.25, 0.3) is 0 Å². The van der Waals surface area contributed by atoms with Crippen LogP contribution in [0.4, 0.5) is 15.8 Å². The van der Waals surface area contributed by atoms with Gasteiger partial charge in [0.15, 0.2) is 11.8 Å². The van der Waals surface area contributed by atoms with E-state index < -0.39 is 39.9 Å². The molecule has 2 aromatic rings. The zero-order chi connectivity index (χ0) is 20.8. The molecule has 2 aromatic carbocycles. The number of rotatable bonds is 3. The van der Waals surface area contributed by atoms with Gasteiger partial charge in [0.25, 0.3) is 5.91 Å². The second kappa shape index (κ2) is 7.08. The number of fused-ring (bicyclic) bond motifs is 1. The SMILES string of the molecule is O=C1CN(c2c(O)cc(CNC3=NCc4cc(Cl)ccc4N3)cc2F)S(=O)(=O)N1. The molecular formula is C17H15ClFN5O4S. The van der Waals surface area contributed by atoms with Crippen LogP contribution in [0.15, 0.2) is 35.3 Å². The van der Waals surface area contributed by atoms with E-state index in [9.17, 15) is 22.7 Å². The van der Waals surface area contributed by atoms with E-state index in [-0.39, 0.29) is 6.54 Å². The summed E-state index contributed by atoms with van der Waals surface area (Å²) in [5.74, 6) is -1.92. The van der Waals surface area contributed by atoms with Crippen molar-refractivity contribution in [1.82, 2.24) is 10.0 Å². The Morgan fingerprint density at radius 3 is 2.79 bits per heavy atom. The molecule has 0 atom stereocenters. The number of hydrogen-bond acceptors (Lipinski definition) is 7. The van der Waals surface area contributed by atoms with Crippen LogP contribution in [-0.2, 0) is 28.1 Å². The van der Waals surface area contributed by atoms with Gasteiger partial charge >= 0.3 is 10.2 Å². The summed E-state index contributed by atoms with van der Waals surface area (Å²) in [6.07, 6.45) is 0. The first kappa shape index (κ1) is 19.3. The van der Waals surface area contributed by atoms with Crippen LogP contribution in [0.5, 0.6) is 5.75 Å². The van der Waals surface area contributed by atoms with E-state index >= 15 is 0 Å². The van der Waals surface area contributed by atoms with Gasteiger partial charge in [-0.05, 0) is 41.5 Å². The minimum atomic E-state index is -4.23. The van der Waals surface area contributed by atoms with Crippen molar-refractivity contribution in [2.24, 2.45) is 4.99 Å². The smallest absolute Gasteiger partial charge is 0.326 e. The van der Waals surface area contributed by atoms with Crippen molar-refractivity contribution in [2.45, 2.75) is 13.1 Å². The maximum atomic E-state index is 14.5. The first-order chi connectivity index (χ1) is 13.7. The monoisotopic (exact) mass is 439 g/mol. The molecule has 2 aliphatic rings. The van der Waals surface area contributed by atoms with Crippen LogP contribution in [0.1, 0.15) is 11.1 Å². The van der Waals surface area contributed by atoms with Gasteiger partial charge in [0.05, 0.1) is 6.54 Å². The van der Waals surface area contributed by atoms with Gasteiger partial charge in [-0.2, -0.15) is 8.42 Å². The number of halogens is 2. The summed E-state index contributed by atoms with van der Waals surface area (Å²) in [7, 11) is -4.23. The number of guanidine groups is 1. The summed E-state index contributed by atoms with van der Waals surface area (Å²) >= 11 is 5.95. The van der Waals surface area contributed by atoms with E-state index in [0.717, 1.165) is 17.3 Å². The third-order valence-corrected chi connectivity index (χ3v) is 5.97. The zero-order valence-electron chi connectivity index (χ0n) is 14.7. The number of phenols is 1. The number of aliphatic imine (C=N–C) groups is 1. The first-order valence-corrected chi connectivity index (χ1v) is 10.2. The Balaban J connectivity index is 1.49. The lowest BCUT2D eigenvalue weighted by atomic mass is 10.1. The summed E-state index contributed by atoms with van der Waals surface area (Å²) < 4.78 is 40.5. The highest BCUT2D eigenvalue weighted by atomic mass is 35.5. The predicted molar refractivity (Wildman–Crippen MR) is 106 cm³/mol. The predicted octanol–water partition coefficient (Wildman–Crippen LogP) is 1.44. The Kier molecular flexibility index (Phi) is 4.71. The highest BCUT2D eigenvalue weighted by Crippen LogP contribution is 2.34. The van der Waals surface area contributed by atoms with Crippen molar-refractivity contribution in [1.29, 1.82) is 0 Å². The molecule has 0 bridgehead atoms. The van der Waals surface area contributed by atoms with Gasteiger partial charge in [-0.15, -0.1) is 0 Å². The molecule has 1 fully saturated rings. The van der Waals surface area contributed by atoms with Crippen molar-refractivity contribution in [3.05, 3.63) is 52.3 Å². The summed E-state index contributed by atoms with van der Waals surface area (Å²) in [6, 6.07) is 7.68. The number of phenolic OH excluding ortho intramolecular Hbond substituents is 1. The lowest BCUT2D eigenvalue weighted by Gasteiger charge is -2.20. The van der Waals surface area contributed by atoms with Crippen molar-refractivity contribution in [2.75, 3.05) is 16.2 Å². The number of benzene rings is 2. The average molecular weight is 440 g/mol. The fraction of sp³-hybridized carbons (Fsp3) is 0.176. The summed E-state index contributed by atoms with van der Waals surface area (Å²) in [4.78, 5) is 15.7. The van der Waals surface area contributed by atoms with Gasteiger partial charge in [-0.3, -0.25) is 4.79 Å². The van der Waals surface area contributed by atoms with Crippen molar-refractivity contribution < 1.29 is 22.7 Å². The Morgan fingerprint density at radius 1 is 1.31 bits per heavy atom. The molecule has 152 valence electrons. The van der Waals surface area contributed by atoms with E-state index in [2.05, 4.69) is 15.6 Å². The molecule has 29 heavy (non-hydrogen) atoms. The van der Waals surface area contributed by atoms with E-state index in [4.69, 9.17) is 11.6 Å². The number of carbonyl (C=O) groups excluding carboxylic acids is 1. The summed E-state index contributed by atoms with van der Waals surface area (Å²) in [5.41, 5.74) is 1.55. The third kappa shape index (κ3) is 3.78. The molecular weight excluding hydrogens is 425 g/mol. The molecule has 0 aliphatic carbocycles. The molecule has 4 rings (SSSR count). The molecule has 1 saturated heterocycles. The lowest BCUT2D eigenvalue weighted by molar-refractivity contribution is -0.117. The Bertz CT molecular complexity index is 1130. The Hall–Kier alpha value is -3.05. The standard InChI is InChI=1S/C17H15ClFN5O4S/c18-11-1-2-13-10(5-11)7-21-17(22-13)20-6-9-3-12(19)16(14(25)4-9)24-8-15(26)23-29(24,27)28/h1-5,25H,6-8H2,(H,23,26)(H2,20,21,22). The molecule has 12 heteroatoms. The van der Waals surface area contributed by atoms with E-state index in [1.165, 1.54) is 6.07 Å². The van der Waals surface area contributed by atoms with Gasteiger partial charge < -0.3 is 15.7 Å². The van der Waals surface area contributed by atoms with E-state index in [1.54, 1.807) is 10.8 Å². The number of nitrogens with zero attached hydrogens (tertiary/aromatic N) is 2. The molecule has 0 spiro atoms. The molecule has 4 N–H and O–H groups in total. The normalized spacial score (nSPS) is 17.2. The maximum absolute atomic E-state index is 14.5. The van der Waals surface area contributed by atoms with Gasteiger partial charge in [0.1, 0.15) is 18.0 Å². The van der Waals surface area contributed by atoms with Crippen LogP contribution in [0, 0.1) is 5.82 Å². The number of nitrogens with one attached hydrogen (secondary N) is 3. The van der Waals surface area contributed by atoms with E-state index in [0.29, 0.717) is 27.4 Å². The van der Waals surface area contributed by atoms with E-state index in [1.807, 2.05) is 12.1 Å². The Labute approximate surface area is 170 Å². The molecule has 1 amide bonds. The average Bonchev–Trinajstić information content (AvgIpc) is 2.91. The molecule has 0 saturated carbocycles. The fourth-order valence-electron chi connectivity index (χ4n) is 3.07. The van der Waals surface area contributed by atoms with Crippen LogP contribution in [0.2, 0.25) is 5.02 Å². The Morgan fingerprint density at radius 2 is 2.10 bits per heavy atom. The summed E-state index contributed by atoms with van der Waals surface area (Å²) in [6.45, 7) is -0.0738. The van der Waals surface area contributed by atoms with Crippen LogP contribution in [0.3, 0.4) is 0 Å². The molecule has 2 aliphatic heterocycles. The second-order valence-corrected chi connectivity index (χ2v) is 8.46. The van der Waals surface area contributed by atoms with Gasteiger partial charge in [0.2, 0.25) is 0 Å². The van der Waals surface area contributed by atoms with Gasteiger partial charge in [-0.25, -0.2) is 18.4 Å². The number of carbonyl (C=O) groups is 1. The minimum absolute atomic E-state index is 0.115. The molecule has 0 aromatic heterocycles. The van der Waals surface area contributed by atoms with Gasteiger partial charge in [-0.1, -0.05) is 11.6 Å². The largest absolute Gasteiger partial charge is 0.506 e.